The van der Waals surface area contributed by atoms with E-state index in [0.29, 0.717) is 31.2 Å². The van der Waals surface area contributed by atoms with E-state index in [1.54, 1.807) is 0 Å². The van der Waals surface area contributed by atoms with Gasteiger partial charge < -0.3 is 18.9 Å². The fourth-order valence-corrected chi connectivity index (χ4v) is 5.27. The predicted molar refractivity (Wildman–Crippen MR) is 149 cm³/mol. The Balaban J connectivity index is 1.47. The first-order valence-corrected chi connectivity index (χ1v) is 13.1. The van der Waals surface area contributed by atoms with Gasteiger partial charge >= 0.3 is 0 Å². The lowest BCUT2D eigenvalue weighted by atomic mass is 9.67. The number of ether oxygens (including phenoxy) is 4. The lowest BCUT2D eigenvalue weighted by molar-refractivity contribution is 0.208. The molecule has 192 valence electrons. The molecule has 0 radical (unpaired) electrons. The Labute approximate surface area is 220 Å². The van der Waals surface area contributed by atoms with E-state index in [-0.39, 0.29) is 0 Å². The molecule has 2 aliphatic heterocycles. The molecule has 0 amide bonds. The highest BCUT2D eigenvalue weighted by molar-refractivity contribution is 5.89. The average Bonchev–Trinajstić information content (AvgIpc) is 3.84. The maximum absolute atomic E-state index is 5.98. The molecular formula is C33H36O4. The van der Waals surface area contributed by atoms with Gasteiger partial charge in [-0.2, -0.15) is 0 Å². The Hall–Kier alpha value is -3.34. The van der Waals surface area contributed by atoms with Gasteiger partial charge in [-0.3, -0.25) is 0 Å². The Morgan fingerprint density at radius 2 is 1.65 bits per heavy atom. The van der Waals surface area contributed by atoms with Crippen LogP contribution < -0.4 is 4.74 Å². The van der Waals surface area contributed by atoms with Crippen molar-refractivity contribution in [3.63, 3.8) is 0 Å². The van der Waals surface area contributed by atoms with Gasteiger partial charge in [-0.15, -0.1) is 0 Å². The zero-order valence-corrected chi connectivity index (χ0v) is 21.9. The molecule has 1 aliphatic carbocycles. The molecular weight excluding hydrogens is 460 g/mol. The maximum atomic E-state index is 5.98. The maximum Gasteiger partial charge on any atom is 0.119 e. The molecule has 5 rings (SSSR count). The van der Waals surface area contributed by atoms with Crippen LogP contribution in [-0.2, 0) is 19.6 Å². The molecule has 2 aromatic rings. The van der Waals surface area contributed by atoms with Crippen molar-refractivity contribution < 1.29 is 18.9 Å². The molecule has 0 N–H and O–H groups in total. The van der Waals surface area contributed by atoms with Crippen molar-refractivity contribution in [2.45, 2.75) is 44.3 Å². The molecule has 0 spiro atoms. The van der Waals surface area contributed by atoms with Gasteiger partial charge in [-0.25, -0.2) is 0 Å². The van der Waals surface area contributed by atoms with Crippen LogP contribution in [0.1, 0.15) is 43.4 Å². The molecule has 2 heterocycles. The normalized spacial score (nSPS) is 23.9. The molecule has 3 atom stereocenters. The van der Waals surface area contributed by atoms with Crippen LogP contribution >= 0.6 is 0 Å². The van der Waals surface area contributed by atoms with Gasteiger partial charge in [-0.1, -0.05) is 67.8 Å². The van der Waals surface area contributed by atoms with E-state index in [1.165, 1.54) is 22.3 Å². The zero-order valence-electron chi connectivity index (χ0n) is 21.9. The number of epoxide rings is 2. The average molecular weight is 497 g/mol. The summed E-state index contributed by atoms with van der Waals surface area (Å²) in [6.45, 7) is 15.9. The van der Waals surface area contributed by atoms with Crippen LogP contribution in [0.2, 0.25) is 0 Å². The van der Waals surface area contributed by atoms with Crippen molar-refractivity contribution in [3.05, 3.63) is 120 Å². The zero-order chi connectivity index (χ0) is 25.8. The molecule has 2 saturated heterocycles. The second-order valence-electron chi connectivity index (χ2n) is 9.87. The Morgan fingerprint density at radius 3 is 2.32 bits per heavy atom. The van der Waals surface area contributed by atoms with Crippen LogP contribution in [0.3, 0.4) is 0 Å². The van der Waals surface area contributed by atoms with Crippen molar-refractivity contribution in [2.75, 3.05) is 26.4 Å². The molecule has 0 saturated carbocycles. The standard InChI is InChI=1S/C33H36O4/c1-5-8-30-25(4)33(32-10-7-6-9-31(30)32,23(2)11-12-24(3)34-19-17-28-21-36-28)26-13-15-27(16-14-26)35-20-18-29-22-37-29/h5-16,28-29H,2-3,17-22H2,1,4H3/b8-5-,12-11-. The summed E-state index contributed by atoms with van der Waals surface area (Å²) in [6, 6.07) is 17.1. The molecule has 3 unspecified atom stereocenters. The predicted octanol–water partition coefficient (Wildman–Crippen LogP) is 6.94. The number of hydrogen-bond acceptors (Lipinski definition) is 4. The van der Waals surface area contributed by atoms with Crippen LogP contribution in [0, 0.1) is 0 Å². The molecule has 2 aromatic carbocycles. The monoisotopic (exact) mass is 496 g/mol. The highest BCUT2D eigenvalue weighted by Gasteiger charge is 2.45. The molecule has 37 heavy (non-hydrogen) atoms. The number of hydrogen-bond donors (Lipinski definition) is 0. The molecule has 0 aromatic heterocycles. The third-order valence-electron chi connectivity index (χ3n) is 7.40. The summed E-state index contributed by atoms with van der Waals surface area (Å²) in [4.78, 5) is 0. The van der Waals surface area contributed by atoms with Gasteiger partial charge in [-0.05, 0) is 65.5 Å². The fourth-order valence-electron chi connectivity index (χ4n) is 5.27. The van der Waals surface area contributed by atoms with Gasteiger partial charge in [0.2, 0.25) is 0 Å². The van der Waals surface area contributed by atoms with Crippen molar-refractivity contribution in [2.24, 2.45) is 0 Å². The van der Waals surface area contributed by atoms with Crippen molar-refractivity contribution in [1.82, 2.24) is 0 Å². The third-order valence-corrected chi connectivity index (χ3v) is 7.40. The molecule has 3 aliphatic rings. The number of rotatable bonds is 13. The van der Waals surface area contributed by atoms with Crippen molar-refractivity contribution in [1.29, 1.82) is 0 Å². The van der Waals surface area contributed by atoms with Gasteiger partial charge in [0.1, 0.15) is 11.5 Å². The third kappa shape index (κ3) is 5.36. The Kier molecular flexibility index (Phi) is 7.50. The van der Waals surface area contributed by atoms with Crippen LogP contribution in [0.4, 0.5) is 0 Å². The highest BCUT2D eigenvalue weighted by Crippen LogP contribution is 2.54. The summed E-state index contributed by atoms with van der Waals surface area (Å²) in [5, 5.41) is 0. The van der Waals surface area contributed by atoms with Gasteiger partial charge in [0.15, 0.2) is 0 Å². The summed E-state index contributed by atoms with van der Waals surface area (Å²) in [7, 11) is 0. The summed E-state index contributed by atoms with van der Waals surface area (Å²) in [6.07, 6.45) is 10.8. The largest absolute Gasteiger partial charge is 0.494 e. The van der Waals surface area contributed by atoms with Crippen LogP contribution in [-0.4, -0.2) is 38.6 Å². The first-order valence-electron chi connectivity index (χ1n) is 13.1. The summed E-state index contributed by atoms with van der Waals surface area (Å²) in [5.74, 6) is 1.49. The summed E-state index contributed by atoms with van der Waals surface area (Å²) >= 11 is 0. The summed E-state index contributed by atoms with van der Waals surface area (Å²) in [5.41, 5.74) is 6.55. The smallest absolute Gasteiger partial charge is 0.119 e. The minimum Gasteiger partial charge on any atom is -0.494 e. The fraction of sp³-hybridized carbons (Fsp3) is 0.333. The van der Waals surface area contributed by atoms with Gasteiger partial charge in [0.05, 0.1) is 44.1 Å². The number of allylic oxidation sites excluding steroid dienone is 7. The van der Waals surface area contributed by atoms with E-state index in [0.717, 1.165) is 42.9 Å². The van der Waals surface area contributed by atoms with Gasteiger partial charge in [0.25, 0.3) is 0 Å². The number of benzene rings is 2. The van der Waals surface area contributed by atoms with E-state index in [2.05, 4.69) is 93.8 Å². The topological polar surface area (TPSA) is 43.5 Å². The first-order chi connectivity index (χ1) is 18.0. The second-order valence-corrected chi connectivity index (χ2v) is 9.87. The molecule has 0 bridgehead atoms. The first kappa shape index (κ1) is 25.3. The second kappa shape index (κ2) is 11.0. The van der Waals surface area contributed by atoms with E-state index >= 15 is 0 Å². The lowest BCUT2D eigenvalue weighted by Gasteiger charge is -2.35. The van der Waals surface area contributed by atoms with E-state index in [1.807, 2.05) is 6.08 Å². The SMILES string of the molecule is C=C(/C=C\C(=C)C1(c2ccc(OCCC3CO3)cc2)C(C)=C(/C=C\C)c2ccccc21)OCCC1CO1. The van der Waals surface area contributed by atoms with Crippen molar-refractivity contribution >= 4 is 5.57 Å². The summed E-state index contributed by atoms with van der Waals surface area (Å²) < 4.78 is 22.4. The van der Waals surface area contributed by atoms with E-state index < -0.39 is 5.41 Å². The minimum absolute atomic E-state index is 0.344. The van der Waals surface area contributed by atoms with Crippen LogP contribution in [0.15, 0.2) is 103 Å². The van der Waals surface area contributed by atoms with Crippen LogP contribution in [0.25, 0.3) is 5.57 Å². The Bertz CT molecular complexity index is 1240. The molecule has 4 heteroatoms. The highest BCUT2D eigenvalue weighted by atomic mass is 16.6. The van der Waals surface area contributed by atoms with E-state index in [9.17, 15) is 0 Å². The van der Waals surface area contributed by atoms with Gasteiger partial charge in [0, 0.05) is 12.8 Å². The quantitative estimate of drug-likeness (QED) is 0.171. The van der Waals surface area contributed by atoms with E-state index in [4.69, 9.17) is 18.9 Å². The molecule has 2 fully saturated rings. The van der Waals surface area contributed by atoms with Crippen molar-refractivity contribution in [3.8, 4) is 5.75 Å². The number of fused-ring (bicyclic) bond motifs is 1. The molecule has 4 nitrogen and oxygen atoms in total. The lowest BCUT2D eigenvalue weighted by Crippen LogP contribution is -2.29. The Morgan fingerprint density at radius 1 is 0.973 bits per heavy atom. The van der Waals surface area contributed by atoms with Crippen LogP contribution in [0.5, 0.6) is 5.75 Å². The minimum atomic E-state index is -0.509.